The zero-order valence-electron chi connectivity index (χ0n) is 15.1. The van der Waals surface area contributed by atoms with E-state index in [1.807, 2.05) is 24.3 Å². The maximum Gasteiger partial charge on any atom is 0.335 e. The Balaban J connectivity index is 2.02. The van der Waals surface area contributed by atoms with Crippen LogP contribution in [-0.2, 0) is 6.42 Å². The molecule has 0 saturated carbocycles. The number of hydrogen-bond acceptors (Lipinski definition) is 4. The van der Waals surface area contributed by atoms with Crippen LogP contribution >= 0.6 is 11.8 Å². The molecular formula is C20H23NO4S. The van der Waals surface area contributed by atoms with E-state index in [-0.39, 0.29) is 11.5 Å². The van der Waals surface area contributed by atoms with Crippen molar-refractivity contribution >= 4 is 23.6 Å². The molecule has 0 atom stereocenters. The number of carboxylic acids is 1. The number of carboxylic acid groups (broad SMARTS) is 1. The minimum Gasteiger partial charge on any atom is -0.496 e. The number of thioether (sulfide) groups is 1. The highest BCUT2D eigenvalue weighted by molar-refractivity contribution is 8.00. The lowest BCUT2D eigenvalue weighted by molar-refractivity contribution is 0.0696. The van der Waals surface area contributed by atoms with E-state index in [4.69, 9.17) is 9.84 Å². The predicted octanol–water partition coefficient (Wildman–Crippen LogP) is 3.87. The van der Waals surface area contributed by atoms with Gasteiger partial charge in [0.1, 0.15) is 5.75 Å². The van der Waals surface area contributed by atoms with Crippen molar-refractivity contribution < 1.29 is 19.4 Å². The number of hydrogen-bond donors (Lipinski definition) is 2. The molecule has 0 saturated heterocycles. The third kappa shape index (κ3) is 5.26. The first-order valence-corrected chi connectivity index (χ1v) is 9.24. The molecule has 0 radical (unpaired) electrons. The number of aromatic carboxylic acids is 1. The van der Waals surface area contributed by atoms with Gasteiger partial charge in [-0.1, -0.05) is 32.0 Å². The van der Waals surface area contributed by atoms with Gasteiger partial charge >= 0.3 is 5.97 Å². The van der Waals surface area contributed by atoms with Crippen molar-refractivity contribution in [3.63, 3.8) is 0 Å². The van der Waals surface area contributed by atoms with Gasteiger partial charge in [-0.2, -0.15) is 0 Å². The summed E-state index contributed by atoms with van der Waals surface area (Å²) in [5, 5.41) is 12.4. The van der Waals surface area contributed by atoms with Crippen molar-refractivity contribution in [2.24, 2.45) is 0 Å². The van der Waals surface area contributed by atoms with Gasteiger partial charge in [0.25, 0.3) is 5.91 Å². The molecule has 26 heavy (non-hydrogen) atoms. The minimum absolute atomic E-state index is 0.116. The molecule has 0 heterocycles. The van der Waals surface area contributed by atoms with E-state index < -0.39 is 5.97 Å². The van der Waals surface area contributed by atoms with Crippen LogP contribution < -0.4 is 10.1 Å². The molecule has 2 rings (SSSR count). The first-order chi connectivity index (χ1) is 12.4. The summed E-state index contributed by atoms with van der Waals surface area (Å²) in [6, 6.07) is 12.3. The van der Waals surface area contributed by atoms with E-state index in [1.165, 1.54) is 19.2 Å². The smallest absolute Gasteiger partial charge is 0.335 e. The van der Waals surface area contributed by atoms with Crippen LogP contribution in [0.2, 0.25) is 0 Å². The quantitative estimate of drug-likeness (QED) is 0.687. The minimum atomic E-state index is -0.998. The monoisotopic (exact) mass is 373 g/mol. The van der Waals surface area contributed by atoms with Crippen molar-refractivity contribution in [3.05, 3.63) is 59.2 Å². The molecule has 2 aromatic carbocycles. The number of nitrogens with one attached hydrogen (secondary N) is 1. The summed E-state index contributed by atoms with van der Waals surface area (Å²) in [4.78, 5) is 24.5. The second-order valence-electron chi connectivity index (χ2n) is 6.00. The number of benzene rings is 2. The summed E-state index contributed by atoms with van der Waals surface area (Å²) < 4.78 is 5.26. The van der Waals surface area contributed by atoms with Gasteiger partial charge in [0.15, 0.2) is 0 Å². The highest BCUT2D eigenvalue weighted by Crippen LogP contribution is 2.26. The van der Waals surface area contributed by atoms with Gasteiger partial charge in [-0.25, -0.2) is 4.79 Å². The summed E-state index contributed by atoms with van der Waals surface area (Å²) in [7, 11) is 1.50. The zero-order chi connectivity index (χ0) is 19.1. The number of carbonyl (C=O) groups is 2. The Morgan fingerprint density at radius 1 is 1.19 bits per heavy atom. The number of rotatable bonds is 8. The van der Waals surface area contributed by atoms with E-state index in [2.05, 4.69) is 19.2 Å². The van der Waals surface area contributed by atoms with Crippen LogP contribution in [0.1, 0.15) is 40.1 Å². The number of methoxy groups -OCH3 is 1. The van der Waals surface area contributed by atoms with E-state index in [9.17, 15) is 9.59 Å². The molecule has 0 spiro atoms. The molecule has 0 bridgehead atoms. The molecule has 0 aromatic heterocycles. The molecule has 0 unspecified atom stereocenters. The van der Waals surface area contributed by atoms with Gasteiger partial charge in [0.2, 0.25) is 0 Å². The summed E-state index contributed by atoms with van der Waals surface area (Å²) in [5.41, 5.74) is 1.69. The SMILES string of the molecule is COc1cc(C(=O)O)ccc1CCNC(=O)c1ccccc1SC(C)C. The third-order valence-electron chi connectivity index (χ3n) is 3.71. The zero-order valence-corrected chi connectivity index (χ0v) is 15.9. The fourth-order valence-electron chi connectivity index (χ4n) is 2.50. The average Bonchev–Trinajstić information content (AvgIpc) is 2.61. The molecule has 0 aliphatic carbocycles. The first-order valence-electron chi connectivity index (χ1n) is 8.36. The molecule has 2 N–H and O–H groups in total. The van der Waals surface area contributed by atoms with Crippen molar-refractivity contribution in [1.29, 1.82) is 0 Å². The Morgan fingerprint density at radius 3 is 2.58 bits per heavy atom. The molecule has 138 valence electrons. The summed E-state index contributed by atoms with van der Waals surface area (Å²) in [6.07, 6.45) is 0.550. The highest BCUT2D eigenvalue weighted by atomic mass is 32.2. The Morgan fingerprint density at radius 2 is 1.92 bits per heavy atom. The summed E-state index contributed by atoms with van der Waals surface area (Å²) in [6.45, 7) is 4.61. The predicted molar refractivity (Wildman–Crippen MR) is 103 cm³/mol. The summed E-state index contributed by atoms with van der Waals surface area (Å²) >= 11 is 1.66. The Bertz CT molecular complexity index is 789. The lowest BCUT2D eigenvalue weighted by Crippen LogP contribution is -2.26. The second kappa shape index (κ2) is 9.29. The molecule has 2 aromatic rings. The molecule has 1 amide bonds. The maximum absolute atomic E-state index is 12.5. The van der Waals surface area contributed by atoms with Crippen molar-refractivity contribution in [3.8, 4) is 5.75 Å². The Kier molecular flexibility index (Phi) is 7.09. The highest BCUT2D eigenvalue weighted by Gasteiger charge is 2.13. The van der Waals surface area contributed by atoms with Gasteiger partial charge in [-0.3, -0.25) is 4.79 Å². The molecule has 5 nitrogen and oxygen atoms in total. The van der Waals surface area contributed by atoms with Gasteiger partial charge in [-0.15, -0.1) is 11.8 Å². The van der Waals surface area contributed by atoms with Crippen molar-refractivity contribution in [1.82, 2.24) is 5.32 Å². The van der Waals surface area contributed by atoms with Gasteiger partial charge in [0, 0.05) is 16.7 Å². The second-order valence-corrected chi connectivity index (χ2v) is 7.62. The fraction of sp³-hybridized carbons (Fsp3) is 0.300. The topological polar surface area (TPSA) is 75.6 Å². The number of carbonyl (C=O) groups excluding carboxylic acids is 1. The molecule has 6 heteroatoms. The van der Waals surface area contributed by atoms with Crippen LogP contribution in [0.5, 0.6) is 5.75 Å². The van der Waals surface area contributed by atoms with E-state index >= 15 is 0 Å². The Hall–Kier alpha value is -2.47. The number of ether oxygens (including phenoxy) is 1. The van der Waals surface area contributed by atoms with Gasteiger partial charge in [0.05, 0.1) is 18.2 Å². The third-order valence-corrected chi connectivity index (χ3v) is 4.79. The average molecular weight is 373 g/mol. The van der Waals surface area contributed by atoms with Crippen LogP contribution in [0, 0.1) is 0 Å². The Labute approximate surface area is 157 Å². The normalized spacial score (nSPS) is 10.6. The van der Waals surface area contributed by atoms with E-state index in [0.29, 0.717) is 29.5 Å². The van der Waals surface area contributed by atoms with Gasteiger partial charge < -0.3 is 15.2 Å². The number of amides is 1. The van der Waals surface area contributed by atoms with Crippen LogP contribution in [0.3, 0.4) is 0 Å². The van der Waals surface area contributed by atoms with Gasteiger partial charge in [-0.05, 0) is 36.2 Å². The lowest BCUT2D eigenvalue weighted by Gasteiger charge is -2.13. The van der Waals surface area contributed by atoms with Crippen LogP contribution in [0.25, 0.3) is 0 Å². The molecule has 0 aliphatic heterocycles. The molecule has 0 aliphatic rings. The molecule has 0 fully saturated rings. The van der Waals surface area contributed by atoms with E-state index in [0.717, 1.165) is 10.5 Å². The maximum atomic E-state index is 12.5. The van der Waals surface area contributed by atoms with Crippen LogP contribution in [0.15, 0.2) is 47.4 Å². The van der Waals surface area contributed by atoms with E-state index in [1.54, 1.807) is 17.8 Å². The fourth-order valence-corrected chi connectivity index (χ4v) is 3.45. The van der Waals surface area contributed by atoms with Crippen molar-refractivity contribution in [2.75, 3.05) is 13.7 Å². The largest absolute Gasteiger partial charge is 0.496 e. The van der Waals surface area contributed by atoms with Crippen molar-refractivity contribution in [2.45, 2.75) is 30.4 Å². The lowest BCUT2D eigenvalue weighted by atomic mass is 10.1. The summed E-state index contributed by atoms with van der Waals surface area (Å²) in [5.74, 6) is -0.604. The molecular weight excluding hydrogens is 350 g/mol. The standard InChI is InChI=1S/C20H23NO4S/c1-13(2)26-18-7-5-4-6-16(18)19(22)21-11-10-14-8-9-15(20(23)24)12-17(14)25-3/h4-9,12-13H,10-11H2,1-3H3,(H,21,22)(H,23,24). The first kappa shape index (κ1) is 19.8. The van der Waals surface area contributed by atoms with Crippen LogP contribution in [0.4, 0.5) is 0 Å². The van der Waals surface area contributed by atoms with Crippen LogP contribution in [-0.4, -0.2) is 35.9 Å².